The molecule has 34 heavy (non-hydrogen) atoms. The van der Waals surface area contributed by atoms with E-state index < -0.39 is 5.25 Å². The number of thioether (sulfide) groups is 1. The first kappa shape index (κ1) is 22.5. The number of benzene rings is 2. The smallest absolute Gasteiger partial charge is 0.262 e. The quantitative estimate of drug-likeness (QED) is 0.550. The van der Waals surface area contributed by atoms with E-state index >= 15 is 0 Å². The number of aromatic nitrogens is 1. The molecule has 5 rings (SSSR count). The third-order valence-corrected chi connectivity index (χ3v) is 7.81. The maximum atomic E-state index is 12.6. The Kier molecular flexibility index (Phi) is 6.34. The Morgan fingerprint density at radius 3 is 2.56 bits per heavy atom. The SMILES string of the molecule is Cc1nc2ccc(NC(=O)c3ccc(NC(=O)C[C@@H]4SC(N5CCCC5)=NC4=O)cc3)cc2s1. The molecule has 0 spiro atoms. The van der Waals surface area contributed by atoms with E-state index in [1.54, 1.807) is 35.6 Å². The second-order valence-corrected chi connectivity index (χ2v) is 10.6. The summed E-state index contributed by atoms with van der Waals surface area (Å²) in [4.78, 5) is 48.0. The van der Waals surface area contributed by atoms with Gasteiger partial charge in [0.2, 0.25) is 5.91 Å². The fraction of sp³-hybridized carbons (Fsp3) is 0.292. The highest BCUT2D eigenvalue weighted by atomic mass is 32.2. The van der Waals surface area contributed by atoms with Gasteiger partial charge in [-0.2, -0.15) is 4.99 Å². The van der Waals surface area contributed by atoms with Gasteiger partial charge in [-0.05, 0) is 62.2 Å². The summed E-state index contributed by atoms with van der Waals surface area (Å²) >= 11 is 2.95. The maximum absolute atomic E-state index is 12.6. The zero-order chi connectivity index (χ0) is 23.7. The molecule has 2 aromatic carbocycles. The normalized spacial score (nSPS) is 17.8. The highest BCUT2D eigenvalue weighted by Gasteiger charge is 2.33. The van der Waals surface area contributed by atoms with Crippen LogP contribution in [0, 0.1) is 6.92 Å². The molecule has 0 unspecified atom stereocenters. The van der Waals surface area contributed by atoms with Gasteiger partial charge in [0.15, 0.2) is 5.17 Å². The van der Waals surface area contributed by atoms with Gasteiger partial charge in [-0.15, -0.1) is 11.3 Å². The third kappa shape index (κ3) is 4.97. The van der Waals surface area contributed by atoms with Crippen LogP contribution in [0.4, 0.5) is 11.4 Å². The van der Waals surface area contributed by atoms with E-state index in [1.165, 1.54) is 11.8 Å². The van der Waals surface area contributed by atoms with Crippen LogP contribution in [-0.2, 0) is 9.59 Å². The molecule has 1 fully saturated rings. The number of aliphatic imine (C=N–C) groups is 1. The van der Waals surface area contributed by atoms with Crippen molar-refractivity contribution in [1.82, 2.24) is 9.88 Å². The number of fused-ring (bicyclic) bond motifs is 1. The molecule has 1 atom stereocenters. The molecular formula is C24H23N5O3S2. The molecule has 2 N–H and O–H groups in total. The second-order valence-electron chi connectivity index (χ2n) is 8.23. The van der Waals surface area contributed by atoms with Crippen molar-refractivity contribution in [1.29, 1.82) is 0 Å². The first-order valence-electron chi connectivity index (χ1n) is 11.1. The molecule has 8 nitrogen and oxygen atoms in total. The summed E-state index contributed by atoms with van der Waals surface area (Å²) in [5.74, 6) is -0.743. The predicted octanol–water partition coefficient (Wildman–Crippen LogP) is 4.28. The molecule has 0 bridgehead atoms. The van der Waals surface area contributed by atoms with E-state index in [1.807, 2.05) is 25.1 Å². The highest BCUT2D eigenvalue weighted by Crippen LogP contribution is 2.29. The number of amidine groups is 1. The lowest BCUT2D eigenvalue weighted by molar-refractivity contribution is -0.121. The fourth-order valence-corrected chi connectivity index (χ4v) is 5.94. The van der Waals surface area contributed by atoms with Gasteiger partial charge in [0.1, 0.15) is 5.25 Å². The summed E-state index contributed by atoms with van der Waals surface area (Å²) in [5.41, 5.74) is 2.66. The van der Waals surface area contributed by atoms with Crippen molar-refractivity contribution in [3.8, 4) is 0 Å². The van der Waals surface area contributed by atoms with Crippen LogP contribution in [0.2, 0.25) is 0 Å². The van der Waals surface area contributed by atoms with Gasteiger partial charge < -0.3 is 15.5 Å². The van der Waals surface area contributed by atoms with Gasteiger partial charge in [-0.25, -0.2) is 4.98 Å². The van der Waals surface area contributed by atoms with Gasteiger partial charge >= 0.3 is 0 Å². The molecular weight excluding hydrogens is 470 g/mol. The van der Waals surface area contributed by atoms with Gasteiger partial charge in [0.25, 0.3) is 11.8 Å². The zero-order valence-electron chi connectivity index (χ0n) is 18.5. The minimum atomic E-state index is -0.486. The van der Waals surface area contributed by atoms with Crippen molar-refractivity contribution in [3.05, 3.63) is 53.0 Å². The molecule has 2 aliphatic heterocycles. The molecule has 1 saturated heterocycles. The highest BCUT2D eigenvalue weighted by molar-refractivity contribution is 8.15. The summed E-state index contributed by atoms with van der Waals surface area (Å²) in [7, 11) is 0. The number of amides is 3. The molecule has 1 aromatic heterocycles. The van der Waals surface area contributed by atoms with Crippen molar-refractivity contribution >= 4 is 67.6 Å². The van der Waals surface area contributed by atoms with E-state index in [0.29, 0.717) is 16.9 Å². The van der Waals surface area contributed by atoms with E-state index in [2.05, 4.69) is 25.5 Å². The first-order valence-corrected chi connectivity index (χ1v) is 12.8. The standard InChI is InChI=1S/C24H23N5O3S2/c1-14-25-18-9-8-17(12-19(18)33-14)27-22(31)15-4-6-16(7-5-15)26-21(30)13-20-23(32)28-24(34-20)29-10-2-3-11-29/h4-9,12,20H,2-3,10-11,13H2,1H3,(H,26,30)(H,27,31)/t20-/m0/s1. The molecule has 0 aliphatic carbocycles. The lowest BCUT2D eigenvalue weighted by Gasteiger charge is -2.16. The molecule has 0 radical (unpaired) electrons. The Balaban J connectivity index is 1.15. The lowest BCUT2D eigenvalue weighted by atomic mass is 10.1. The third-order valence-electron chi connectivity index (χ3n) is 5.66. The predicted molar refractivity (Wildman–Crippen MR) is 137 cm³/mol. The molecule has 3 aromatic rings. The number of hydrogen-bond acceptors (Lipinski definition) is 7. The van der Waals surface area contributed by atoms with Gasteiger partial charge in [-0.1, -0.05) is 11.8 Å². The number of thiazole rings is 1. The van der Waals surface area contributed by atoms with E-state index in [4.69, 9.17) is 0 Å². The molecule has 3 amide bonds. The van der Waals surface area contributed by atoms with Gasteiger partial charge in [0.05, 0.1) is 15.2 Å². The Bertz CT molecular complexity index is 1300. The molecule has 10 heteroatoms. The average molecular weight is 494 g/mol. The second kappa shape index (κ2) is 9.55. The largest absolute Gasteiger partial charge is 0.351 e. The van der Waals surface area contributed by atoms with Crippen molar-refractivity contribution in [2.45, 2.75) is 31.4 Å². The van der Waals surface area contributed by atoms with Crippen LogP contribution >= 0.6 is 23.1 Å². The number of nitrogens with one attached hydrogen (secondary N) is 2. The van der Waals surface area contributed by atoms with Crippen molar-refractivity contribution < 1.29 is 14.4 Å². The number of nitrogens with zero attached hydrogens (tertiary/aromatic N) is 3. The number of aryl methyl sites for hydroxylation is 1. The lowest BCUT2D eigenvalue weighted by Crippen LogP contribution is -2.25. The minimum Gasteiger partial charge on any atom is -0.351 e. The Hall–Kier alpha value is -3.24. The van der Waals surface area contributed by atoms with Crippen LogP contribution in [0.15, 0.2) is 47.5 Å². The van der Waals surface area contributed by atoms with E-state index in [-0.39, 0.29) is 24.1 Å². The van der Waals surface area contributed by atoms with Crippen molar-refractivity contribution in [3.63, 3.8) is 0 Å². The summed E-state index contributed by atoms with van der Waals surface area (Å²) in [6.45, 7) is 3.78. The Morgan fingerprint density at radius 1 is 1.06 bits per heavy atom. The van der Waals surface area contributed by atoms with Gasteiger partial charge in [-0.3, -0.25) is 14.4 Å². The van der Waals surface area contributed by atoms with Gasteiger partial charge in [0, 0.05) is 36.4 Å². The molecule has 3 heterocycles. The number of carbonyl (C=O) groups excluding carboxylic acids is 3. The first-order chi connectivity index (χ1) is 16.4. The van der Waals surface area contributed by atoms with Crippen molar-refractivity contribution in [2.24, 2.45) is 4.99 Å². The van der Waals surface area contributed by atoms with E-state index in [0.717, 1.165) is 46.3 Å². The summed E-state index contributed by atoms with van der Waals surface area (Å²) in [6.07, 6.45) is 2.27. The number of rotatable bonds is 5. The fourth-order valence-electron chi connectivity index (χ4n) is 3.96. The van der Waals surface area contributed by atoms with Crippen LogP contribution in [-0.4, -0.2) is 51.1 Å². The number of carbonyl (C=O) groups is 3. The Labute approximate surface area is 204 Å². The van der Waals surface area contributed by atoms with Crippen LogP contribution in [0.3, 0.4) is 0 Å². The van der Waals surface area contributed by atoms with Crippen LogP contribution in [0.5, 0.6) is 0 Å². The number of anilines is 2. The Morgan fingerprint density at radius 2 is 1.79 bits per heavy atom. The van der Waals surface area contributed by atoms with Crippen molar-refractivity contribution in [2.75, 3.05) is 23.7 Å². The maximum Gasteiger partial charge on any atom is 0.262 e. The summed E-state index contributed by atoms with van der Waals surface area (Å²) in [6, 6.07) is 12.3. The number of hydrogen-bond donors (Lipinski definition) is 2. The van der Waals surface area contributed by atoms with Crippen LogP contribution in [0.1, 0.15) is 34.6 Å². The van der Waals surface area contributed by atoms with E-state index in [9.17, 15) is 14.4 Å². The molecule has 174 valence electrons. The average Bonchev–Trinajstić information content (AvgIpc) is 3.54. The number of likely N-dealkylation sites (tertiary alicyclic amines) is 1. The summed E-state index contributed by atoms with van der Waals surface area (Å²) < 4.78 is 1.02. The van der Waals surface area contributed by atoms with Crippen LogP contribution < -0.4 is 10.6 Å². The monoisotopic (exact) mass is 493 g/mol. The molecule has 2 aliphatic rings. The zero-order valence-corrected chi connectivity index (χ0v) is 20.2. The molecule has 0 saturated carbocycles. The van der Waals surface area contributed by atoms with Crippen LogP contribution in [0.25, 0.3) is 10.2 Å². The topological polar surface area (TPSA) is 104 Å². The summed E-state index contributed by atoms with van der Waals surface area (Å²) in [5, 5.41) is 6.93. The minimum absolute atomic E-state index is 0.0616.